The first-order valence-electron chi connectivity index (χ1n) is 35.4. The molecule has 1 fully saturated rings. The van der Waals surface area contributed by atoms with Crippen molar-refractivity contribution in [1.29, 1.82) is 0 Å². The zero-order chi connectivity index (χ0) is 61.6. The predicted molar refractivity (Wildman–Crippen MR) is 356 cm³/mol. The van der Waals surface area contributed by atoms with Crippen LogP contribution in [-0.4, -0.2) is 100 Å². The van der Waals surface area contributed by atoms with E-state index in [1.54, 1.807) is 6.08 Å². The number of aliphatic hydroxyl groups excluding tert-OH is 5. The van der Waals surface area contributed by atoms with Crippen LogP contribution >= 0.6 is 0 Å². The van der Waals surface area contributed by atoms with Crippen LogP contribution in [0.5, 0.6) is 0 Å². The van der Waals surface area contributed by atoms with E-state index >= 15 is 0 Å². The molecule has 1 saturated heterocycles. The van der Waals surface area contributed by atoms with E-state index in [2.05, 4.69) is 92.1 Å². The minimum Gasteiger partial charge on any atom is -0.466 e. The van der Waals surface area contributed by atoms with Gasteiger partial charge in [0.15, 0.2) is 6.29 Å². The van der Waals surface area contributed by atoms with Gasteiger partial charge in [-0.05, 0) is 109 Å². The minimum atomic E-state index is -1.58. The Balaban J connectivity index is 1.95. The van der Waals surface area contributed by atoms with Gasteiger partial charge in [0.2, 0.25) is 5.91 Å². The number of esters is 1. The average Bonchev–Trinajstić information content (AvgIpc) is 3.30. The lowest BCUT2D eigenvalue weighted by molar-refractivity contribution is -0.302. The third-order valence-electron chi connectivity index (χ3n) is 16.1. The van der Waals surface area contributed by atoms with Gasteiger partial charge >= 0.3 is 5.97 Å². The maximum Gasteiger partial charge on any atom is 0.305 e. The normalized spacial score (nSPS) is 18.5. The second-order valence-corrected chi connectivity index (χ2v) is 24.2. The third kappa shape index (κ3) is 51.4. The van der Waals surface area contributed by atoms with Crippen LogP contribution in [0.25, 0.3) is 0 Å². The molecule has 0 aromatic rings. The van der Waals surface area contributed by atoms with Crippen molar-refractivity contribution < 1.29 is 49.3 Å². The van der Waals surface area contributed by atoms with Crippen molar-refractivity contribution in [2.45, 2.75) is 352 Å². The molecule has 1 aliphatic rings. The molecule has 1 rings (SSSR count). The largest absolute Gasteiger partial charge is 0.466 e. The van der Waals surface area contributed by atoms with Crippen molar-refractivity contribution in [2.24, 2.45) is 0 Å². The fourth-order valence-corrected chi connectivity index (χ4v) is 10.6. The molecule has 11 heteroatoms. The van der Waals surface area contributed by atoms with Crippen molar-refractivity contribution in [3.05, 3.63) is 85.1 Å². The Hall–Kier alpha value is -3.16. The molecule has 492 valence electrons. The van der Waals surface area contributed by atoms with Gasteiger partial charge in [-0.1, -0.05) is 272 Å². The van der Waals surface area contributed by atoms with E-state index in [0.29, 0.717) is 19.4 Å². The fourth-order valence-electron chi connectivity index (χ4n) is 10.6. The third-order valence-corrected chi connectivity index (χ3v) is 16.1. The number of hydrogen-bond acceptors (Lipinski definition) is 10. The molecule has 0 saturated carbocycles. The highest BCUT2D eigenvalue weighted by Gasteiger charge is 2.44. The number of aliphatic hydroxyl groups is 5. The standard InChI is InChI=1S/C74H131NO10/c1-3-5-7-9-11-13-15-37-42-46-50-54-58-62-70(79)83-63-59-55-51-47-43-39-36-34-32-30-28-26-24-22-20-18-16-17-19-21-23-25-27-29-31-33-35-38-41-45-49-53-57-61-69(78)75-66(65-84-74-73(82)72(81)71(80)68(64-76)85-74)67(77)60-56-52-48-44-40-14-12-10-8-6-4-2/h7-10,13,15,20,22,26,28,40,44,56,60,66-68,71-74,76-77,80-82H,3-6,11-12,14,16-19,21,23-25,27,29-39,41-43,45-55,57-59,61-65H2,1-2H3,(H,75,78)/b9-7-,10-8+,15-13-,22-20-,28-26-,44-40+,60-56+. The van der Waals surface area contributed by atoms with E-state index in [4.69, 9.17) is 14.2 Å². The van der Waals surface area contributed by atoms with Crippen molar-refractivity contribution in [3.8, 4) is 0 Å². The summed E-state index contributed by atoms with van der Waals surface area (Å²) in [4.78, 5) is 25.1. The summed E-state index contributed by atoms with van der Waals surface area (Å²) >= 11 is 0. The zero-order valence-electron chi connectivity index (χ0n) is 54.5. The Morgan fingerprint density at radius 3 is 1.24 bits per heavy atom. The molecule has 1 amide bonds. The van der Waals surface area contributed by atoms with E-state index < -0.39 is 49.5 Å². The quantitative estimate of drug-likeness (QED) is 0.0195. The van der Waals surface area contributed by atoms with E-state index in [9.17, 15) is 35.1 Å². The number of amides is 1. The number of hydrogen-bond donors (Lipinski definition) is 6. The molecule has 0 aromatic heterocycles. The number of carbonyl (C=O) groups is 2. The van der Waals surface area contributed by atoms with Gasteiger partial charge < -0.3 is 45.1 Å². The van der Waals surface area contributed by atoms with Crippen molar-refractivity contribution in [1.82, 2.24) is 5.32 Å². The van der Waals surface area contributed by atoms with Crippen LogP contribution in [0.15, 0.2) is 85.1 Å². The van der Waals surface area contributed by atoms with Crippen molar-refractivity contribution >= 4 is 11.9 Å². The molecule has 7 atom stereocenters. The minimum absolute atomic E-state index is 0.00964. The molecule has 0 bridgehead atoms. The molecule has 1 heterocycles. The van der Waals surface area contributed by atoms with Gasteiger partial charge in [-0.25, -0.2) is 0 Å². The summed E-state index contributed by atoms with van der Waals surface area (Å²) in [6, 6.07) is -0.834. The summed E-state index contributed by atoms with van der Waals surface area (Å²) in [7, 11) is 0. The Morgan fingerprint density at radius 2 is 0.800 bits per heavy atom. The van der Waals surface area contributed by atoms with Gasteiger partial charge in [0.05, 0.1) is 32.0 Å². The molecular weight excluding hydrogens is 1060 g/mol. The maximum absolute atomic E-state index is 13.0. The van der Waals surface area contributed by atoms with E-state index in [1.807, 2.05) is 6.08 Å². The average molecular weight is 1190 g/mol. The van der Waals surface area contributed by atoms with Gasteiger partial charge in [-0.15, -0.1) is 0 Å². The van der Waals surface area contributed by atoms with Crippen LogP contribution in [0.1, 0.15) is 309 Å². The second-order valence-electron chi connectivity index (χ2n) is 24.2. The molecule has 0 spiro atoms. The molecular formula is C74H131NO10. The van der Waals surface area contributed by atoms with E-state index in [-0.39, 0.29) is 18.5 Å². The van der Waals surface area contributed by atoms with Crippen molar-refractivity contribution in [2.75, 3.05) is 19.8 Å². The van der Waals surface area contributed by atoms with Crippen LogP contribution in [0, 0.1) is 0 Å². The number of ether oxygens (including phenoxy) is 3. The van der Waals surface area contributed by atoms with E-state index in [1.165, 1.54) is 193 Å². The highest BCUT2D eigenvalue weighted by atomic mass is 16.7. The SMILES string of the molecule is CCC/C=C\C/C=C\CCCCCCCC(=O)OCCCCCCCCCCC/C=C\C/C=C\CCCCCCCCCCCCCCCCCCCC(=O)NC(COC1OC(CO)C(O)C(O)C1O)C(O)/C=C/CC/C=C/CC/C=C/CCC. The molecule has 11 nitrogen and oxygen atoms in total. The highest BCUT2D eigenvalue weighted by Crippen LogP contribution is 2.23. The lowest BCUT2D eigenvalue weighted by atomic mass is 9.99. The number of rotatable bonds is 61. The Morgan fingerprint density at radius 1 is 0.435 bits per heavy atom. The summed E-state index contributed by atoms with van der Waals surface area (Å²) in [6.45, 7) is 4.19. The van der Waals surface area contributed by atoms with Gasteiger partial charge in [-0.2, -0.15) is 0 Å². The lowest BCUT2D eigenvalue weighted by Crippen LogP contribution is -2.60. The highest BCUT2D eigenvalue weighted by molar-refractivity contribution is 5.76. The Bertz CT molecular complexity index is 1690. The van der Waals surface area contributed by atoms with Gasteiger partial charge in [0.1, 0.15) is 24.4 Å². The first-order valence-corrected chi connectivity index (χ1v) is 35.4. The number of unbranched alkanes of at least 4 members (excludes halogenated alkanes) is 35. The van der Waals surface area contributed by atoms with Gasteiger partial charge in [0, 0.05) is 12.8 Å². The van der Waals surface area contributed by atoms with E-state index in [0.717, 1.165) is 89.9 Å². The molecule has 7 unspecified atom stereocenters. The Kier molecular flexibility index (Phi) is 58.7. The zero-order valence-corrected chi connectivity index (χ0v) is 54.5. The lowest BCUT2D eigenvalue weighted by Gasteiger charge is -2.40. The Labute approximate surface area is 521 Å². The van der Waals surface area contributed by atoms with Gasteiger partial charge in [0.25, 0.3) is 0 Å². The smallest absolute Gasteiger partial charge is 0.305 e. The predicted octanol–water partition coefficient (Wildman–Crippen LogP) is 18.1. The topological polar surface area (TPSA) is 175 Å². The van der Waals surface area contributed by atoms with Crippen LogP contribution < -0.4 is 5.32 Å². The fraction of sp³-hybridized carbons (Fsp3) is 0.784. The number of nitrogens with one attached hydrogen (secondary N) is 1. The summed E-state index contributed by atoms with van der Waals surface area (Å²) in [5, 5.41) is 54.3. The molecule has 1 aliphatic heterocycles. The summed E-state index contributed by atoms with van der Waals surface area (Å²) in [5.41, 5.74) is 0. The van der Waals surface area contributed by atoms with Crippen LogP contribution in [0.2, 0.25) is 0 Å². The molecule has 0 aliphatic carbocycles. The first kappa shape index (κ1) is 79.9. The summed E-state index contributed by atoms with van der Waals surface area (Å²) in [6.07, 6.45) is 75.9. The first-order chi connectivity index (χ1) is 41.7. The van der Waals surface area contributed by atoms with Crippen LogP contribution in [0.3, 0.4) is 0 Å². The molecule has 85 heavy (non-hydrogen) atoms. The van der Waals surface area contributed by atoms with Gasteiger partial charge in [-0.3, -0.25) is 9.59 Å². The number of carbonyl (C=O) groups excluding carboxylic acids is 2. The number of allylic oxidation sites excluding steroid dienone is 13. The molecule has 6 N–H and O–H groups in total. The second kappa shape index (κ2) is 62.4. The van der Waals surface area contributed by atoms with Crippen LogP contribution in [-0.2, 0) is 23.8 Å². The molecule has 0 aromatic carbocycles. The molecule has 0 radical (unpaired) electrons. The summed E-state index contributed by atoms with van der Waals surface area (Å²) < 4.78 is 16.7. The van der Waals surface area contributed by atoms with Crippen LogP contribution in [0.4, 0.5) is 0 Å². The van der Waals surface area contributed by atoms with Crippen molar-refractivity contribution in [3.63, 3.8) is 0 Å². The maximum atomic E-state index is 13.0. The monoisotopic (exact) mass is 1190 g/mol. The summed E-state index contributed by atoms with van der Waals surface area (Å²) in [5.74, 6) is -0.206.